The molecule has 0 amide bonds. The smallest absolute Gasteiger partial charge is 0.105 e. The second kappa shape index (κ2) is 5.27. The fourth-order valence-electron chi connectivity index (χ4n) is 2.55. The van der Waals surface area contributed by atoms with E-state index in [0.29, 0.717) is 10.0 Å². The van der Waals surface area contributed by atoms with Gasteiger partial charge in [0.2, 0.25) is 0 Å². The Balaban J connectivity index is 2.27. The number of morpholine rings is 1. The van der Waals surface area contributed by atoms with Crippen molar-refractivity contribution in [1.29, 1.82) is 0 Å². The molecular weight excluding hydrogens is 280 g/mol. The third-order valence-electron chi connectivity index (χ3n) is 3.15. The van der Waals surface area contributed by atoms with Gasteiger partial charge in [-0.1, -0.05) is 23.8 Å². The van der Waals surface area contributed by atoms with Crippen molar-refractivity contribution in [3.8, 4) is 0 Å². The standard InChI is InChI=1S/C14H19ClN2OS/c1-9-7-17(8-14(2,3)18-9)10-4-5-11(13(16)19)12(15)6-10/h4-6,9H,7-8H2,1-3H3,(H2,16,19). The minimum absolute atomic E-state index is 0.161. The van der Waals surface area contributed by atoms with E-state index in [1.54, 1.807) is 0 Å². The molecule has 19 heavy (non-hydrogen) atoms. The minimum atomic E-state index is -0.161. The highest BCUT2D eigenvalue weighted by Crippen LogP contribution is 2.29. The van der Waals surface area contributed by atoms with Crippen LogP contribution in [0, 0.1) is 0 Å². The van der Waals surface area contributed by atoms with E-state index in [1.165, 1.54) is 0 Å². The average molecular weight is 299 g/mol. The van der Waals surface area contributed by atoms with E-state index in [9.17, 15) is 0 Å². The molecule has 2 N–H and O–H groups in total. The van der Waals surface area contributed by atoms with Crippen molar-refractivity contribution < 1.29 is 4.74 Å². The number of ether oxygens (including phenoxy) is 1. The van der Waals surface area contributed by atoms with Crippen molar-refractivity contribution >= 4 is 34.5 Å². The number of thiocarbonyl (C=S) groups is 1. The highest BCUT2D eigenvalue weighted by atomic mass is 35.5. The summed E-state index contributed by atoms with van der Waals surface area (Å²) in [6.07, 6.45) is 0.192. The van der Waals surface area contributed by atoms with E-state index in [2.05, 4.69) is 25.7 Å². The maximum absolute atomic E-state index is 6.23. The molecule has 1 atom stereocenters. The first kappa shape index (κ1) is 14.6. The Morgan fingerprint density at radius 1 is 1.53 bits per heavy atom. The van der Waals surface area contributed by atoms with E-state index in [0.717, 1.165) is 24.3 Å². The Hall–Kier alpha value is -0.840. The van der Waals surface area contributed by atoms with Crippen LogP contribution in [0.3, 0.4) is 0 Å². The van der Waals surface area contributed by atoms with Crippen molar-refractivity contribution in [3.05, 3.63) is 28.8 Å². The molecule has 1 aromatic rings. The molecule has 3 nitrogen and oxygen atoms in total. The van der Waals surface area contributed by atoms with Crippen LogP contribution >= 0.6 is 23.8 Å². The van der Waals surface area contributed by atoms with Gasteiger partial charge >= 0.3 is 0 Å². The third kappa shape index (κ3) is 3.38. The van der Waals surface area contributed by atoms with Gasteiger partial charge in [-0.2, -0.15) is 0 Å². The molecule has 2 rings (SSSR count). The summed E-state index contributed by atoms with van der Waals surface area (Å²) in [5.41, 5.74) is 7.26. The van der Waals surface area contributed by atoms with Gasteiger partial charge in [0, 0.05) is 24.3 Å². The van der Waals surface area contributed by atoms with E-state index in [4.69, 9.17) is 34.3 Å². The maximum Gasteiger partial charge on any atom is 0.105 e. The molecule has 0 saturated carbocycles. The van der Waals surface area contributed by atoms with Crippen LogP contribution in [-0.4, -0.2) is 29.8 Å². The van der Waals surface area contributed by atoms with Crippen LogP contribution in [0.25, 0.3) is 0 Å². The number of rotatable bonds is 2. The number of halogens is 1. The molecule has 1 aromatic carbocycles. The summed E-state index contributed by atoms with van der Waals surface area (Å²) in [7, 11) is 0. The molecule has 0 spiro atoms. The molecule has 0 aromatic heterocycles. The third-order valence-corrected chi connectivity index (χ3v) is 3.69. The Morgan fingerprint density at radius 2 is 2.21 bits per heavy atom. The van der Waals surface area contributed by atoms with Crippen LogP contribution in [-0.2, 0) is 4.74 Å². The highest BCUT2D eigenvalue weighted by Gasteiger charge is 2.31. The second-order valence-electron chi connectivity index (χ2n) is 5.60. The Bertz CT molecular complexity index is 504. The lowest BCUT2D eigenvalue weighted by molar-refractivity contribution is -0.0749. The van der Waals surface area contributed by atoms with Gasteiger partial charge < -0.3 is 15.4 Å². The first-order valence-electron chi connectivity index (χ1n) is 6.30. The van der Waals surface area contributed by atoms with Crippen molar-refractivity contribution in [2.45, 2.75) is 32.5 Å². The summed E-state index contributed by atoms with van der Waals surface area (Å²) >= 11 is 11.2. The molecule has 0 aliphatic carbocycles. The summed E-state index contributed by atoms with van der Waals surface area (Å²) in [6.45, 7) is 7.96. The van der Waals surface area contributed by atoms with E-state index < -0.39 is 0 Å². The summed E-state index contributed by atoms with van der Waals surface area (Å²) < 4.78 is 5.90. The zero-order valence-corrected chi connectivity index (χ0v) is 13.0. The molecule has 1 aliphatic rings. The van der Waals surface area contributed by atoms with Crippen LogP contribution in [0.15, 0.2) is 18.2 Å². The van der Waals surface area contributed by atoms with Gasteiger partial charge in [0.25, 0.3) is 0 Å². The zero-order chi connectivity index (χ0) is 14.2. The van der Waals surface area contributed by atoms with Crippen LogP contribution in [0.1, 0.15) is 26.3 Å². The number of anilines is 1. The van der Waals surface area contributed by atoms with Crippen molar-refractivity contribution in [1.82, 2.24) is 0 Å². The summed E-state index contributed by atoms with van der Waals surface area (Å²) in [4.78, 5) is 2.61. The van der Waals surface area contributed by atoms with Gasteiger partial charge in [-0.25, -0.2) is 0 Å². The van der Waals surface area contributed by atoms with Crippen LogP contribution in [0.5, 0.6) is 0 Å². The second-order valence-corrected chi connectivity index (χ2v) is 6.44. The number of hydrogen-bond donors (Lipinski definition) is 1. The van der Waals surface area contributed by atoms with Gasteiger partial charge in [-0.3, -0.25) is 0 Å². The minimum Gasteiger partial charge on any atom is -0.389 e. The van der Waals surface area contributed by atoms with Crippen LogP contribution in [0.4, 0.5) is 5.69 Å². The van der Waals surface area contributed by atoms with Gasteiger partial charge in [0.1, 0.15) is 4.99 Å². The number of nitrogens with zero attached hydrogens (tertiary/aromatic N) is 1. The summed E-state index contributed by atoms with van der Waals surface area (Å²) in [5.74, 6) is 0. The fourth-order valence-corrected chi connectivity index (χ4v) is 3.06. The summed E-state index contributed by atoms with van der Waals surface area (Å²) in [6, 6.07) is 5.81. The molecule has 1 fully saturated rings. The number of hydrogen-bond acceptors (Lipinski definition) is 3. The van der Waals surface area contributed by atoms with Crippen molar-refractivity contribution in [2.24, 2.45) is 5.73 Å². The molecule has 0 radical (unpaired) electrons. The molecule has 0 bridgehead atoms. The predicted octanol–water partition coefficient (Wildman–Crippen LogP) is 2.98. The fraction of sp³-hybridized carbons (Fsp3) is 0.500. The first-order chi connectivity index (χ1) is 8.78. The Kier molecular flexibility index (Phi) is 4.04. The van der Waals surface area contributed by atoms with Gasteiger partial charge in [0.15, 0.2) is 0 Å². The Labute approximate surface area is 124 Å². The first-order valence-corrected chi connectivity index (χ1v) is 7.09. The number of nitrogens with two attached hydrogens (primary N) is 1. The molecule has 1 aliphatic heterocycles. The SMILES string of the molecule is CC1CN(c2ccc(C(N)=S)c(Cl)c2)CC(C)(C)O1. The molecular formula is C14H19ClN2OS. The van der Waals surface area contributed by atoms with E-state index >= 15 is 0 Å². The zero-order valence-electron chi connectivity index (χ0n) is 11.4. The van der Waals surface area contributed by atoms with Crippen molar-refractivity contribution in [2.75, 3.05) is 18.0 Å². The maximum atomic E-state index is 6.23. The molecule has 1 unspecified atom stereocenters. The molecule has 104 valence electrons. The van der Waals surface area contributed by atoms with Gasteiger partial charge in [0.05, 0.1) is 16.7 Å². The molecule has 1 saturated heterocycles. The lowest BCUT2D eigenvalue weighted by Gasteiger charge is -2.43. The Morgan fingerprint density at radius 3 is 2.74 bits per heavy atom. The normalized spacial score (nSPS) is 22.3. The van der Waals surface area contributed by atoms with Crippen LogP contribution in [0.2, 0.25) is 5.02 Å². The van der Waals surface area contributed by atoms with Gasteiger partial charge in [-0.05, 0) is 39.0 Å². The van der Waals surface area contributed by atoms with E-state index in [1.807, 2.05) is 18.2 Å². The lowest BCUT2D eigenvalue weighted by atomic mass is 10.0. The monoisotopic (exact) mass is 298 g/mol. The highest BCUT2D eigenvalue weighted by molar-refractivity contribution is 7.80. The van der Waals surface area contributed by atoms with E-state index in [-0.39, 0.29) is 11.7 Å². The largest absolute Gasteiger partial charge is 0.389 e. The number of benzene rings is 1. The molecule has 1 heterocycles. The summed E-state index contributed by atoms with van der Waals surface area (Å²) in [5, 5.41) is 0.599. The topological polar surface area (TPSA) is 38.5 Å². The lowest BCUT2D eigenvalue weighted by Crippen LogP contribution is -2.52. The van der Waals surface area contributed by atoms with Crippen LogP contribution < -0.4 is 10.6 Å². The predicted molar refractivity (Wildman–Crippen MR) is 84.2 cm³/mol. The molecule has 5 heteroatoms. The quantitative estimate of drug-likeness (QED) is 0.852. The van der Waals surface area contributed by atoms with Crippen molar-refractivity contribution in [3.63, 3.8) is 0 Å². The average Bonchev–Trinajstić information content (AvgIpc) is 2.25. The van der Waals surface area contributed by atoms with Gasteiger partial charge in [-0.15, -0.1) is 0 Å².